The van der Waals surface area contributed by atoms with E-state index in [2.05, 4.69) is 13.8 Å². The van der Waals surface area contributed by atoms with Crippen molar-refractivity contribution in [2.45, 2.75) is 33.6 Å². The molecular weight excluding hydrogens is 160 g/mol. The van der Waals surface area contributed by atoms with Crippen LogP contribution in [0.25, 0.3) is 0 Å². The van der Waals surface area contributed by atoms with Crippen LogP contribution in [-0.4, -0.2) is 5.78 Å². The van der Waals surface area contributed by atoms with Crippen molar-refractivity contribution < 1.29 is 4.79 Å². The van der Waals surface area contributed by atoms with E-state index in [0.717, 1.165) is 5.56 Å². The topological polar surface area (TPSA) is 17.1 Å². The average molecular weight is 178 g/mol. The number of ketones is 1. The third-order valence-electron chi connectivity index (χ3n) is 1.30. The van der Waals surface area contributed by atoms with Gasteiger partial charge in [-0.3, -0.25) is 4.79 Å². The molecular formula is C12H18O. The molecule has 0 bridgehead atoms. The Hall–Kier alpha value is -1.11. The highest BCUT2D eigenvalue weighted by atomic mass is 16.1. The fraction of sp³-hybridized carbons (Fsp3) is 0.417. The summed E-state index contributed by atoms with van der Waals surface area (Å²) in [6.07, 6.45) is 1.81. The van der Waals surface area contributed by atoms with Crippen LogP contribution in [0, 0.1) is 0 Å². The Bertz CT molecular complexity index is 226. The molecule has 1 aromatic rings. The Labute approximate surface area is 80.8 Å². The van der Waals surface area contributed by atoms with Gasteiger partial charge in [-0.25, -0.2) is 0 Å². The molecule has 0 heterocycles. The summed E-state index contributed by atoms with van der Waals surface area (Å²) < 4.78 is 0. The maximum atomic E-state index is 10.6. The van der Waals surface area contributed by atoms with Crippen LogP contribution >= 0.6 is 0 Å². The minimum absolute atomic E-state index is 0.214. The number of Topliss-reactive ketones (excluding diaryl/α,β-unsaturated/α-hetero) is 1. The summed E-state index contributed by atoms with van der Waals surface area (Å²) in [5.41, 5.74) is 1.09. The van der Waals surface area contributed by atoms with Crippen LogP contribution in [0.15, 0.2) is 30.3 Å². The molecule has 0 N–H and O–H groups in total. The van der Waals surface area contributed by atoms with E-state index >= 15 is 0 Å². The van der Waals surface area contributed by atoms with Crippen molar-refractivity contribution in [2.75, 3.05) is 0 Å². The summed E-state index contributed by atoms with van der Waals surface area (Å²) in [5.74, 6) is 0.214. The van der Waals surface area contributed by atoms with Crippen molar-refractivity contribution in [2.24, 2.45) is 0 Å². The minimum atomic E-state index is 0.214. The largest absolute Gasteiger partial charge is 0.300 e. The molecule has 0 spiro atoms. The first-order valence-electron chi connectivity index (χ1n) is 4.74. The fourth-order valence-corrected chi connectivity index (χ4v) is 0.883. The standard InChI is InChI=1S/C9H10O.C3H8/c1-8(10)7-9-5-3-2-4-6-9;1-3-2/h2-6H,7H2,1H3;3H2,1-2H3. The molecule has 0 unspecified atom stereocenters. The van der Waals surface area contributed by atoms with E-state index in [9.17, 15) is 4.79 Å². The molecule has 0 aliphatic carbocycles. The Morgan fingerprint density at radius 3 is 2.00 bits per heavy atom. The lowest BCUT2D eigenvalue weighted by molar-refractivity contribution is -0.116. The second kappa shape index (κ2) is 7.53. The lowest BCUT2D eigenvalue weighted by Crippen LogP contribution is -1.94. The molecule has 0 aromatic heterocycles. The second-order valence-corrected chi connectivity index (χ2v) is 3.07. The van der Waals surface area contributed by atoms with Crippen LogP contribution in [0.1, 0.15) is 32.8 Å². The van der Waals surface area contributed by atoms with Crippen molar-refractivity contribution in [3.8, 4) is 0 Å². The minimum Gasteiger partial charge on any atom is -0.300 e. The number of hydrogen-bond acceptors (Lipinski definition) is 1. The summed E-state index contributed by atoms with van der Waals surface area (Å²) >= 11 is 0. The van der Waals surface area contributed by atoms with Gasteiger partial charge in [0.2, 0.25) is 0 Å². The van der Waals surface area contributed by atoms with E-state index in [4.69, 9.17) is 0 Å². The SMILES string of the molecule is CC(=O)Cc1ccccc1.CCC. The first kappa shape index (κ1) is 11.9. The summed E-state index contributed by atoms with van der Waals surface area (Å²) in [4.78, 5) is 10.6. The van der Waals surface area contributed by atoms with Crippen molar-refractivity contribution in [1.82, 2.24) is 0 Å². The maximum absolute atomic E-state index is 10.6. The molecule has 0 aliphatic rings. The molecule has 0 atom stereocenters. The second-order valence-electron chi connectivity index (χ2n) is 3.07. The predicted molar refractivity (Wildman–Crippen MR) is 56.8 cm³/mol. The monoisotopic (exact) mass is 178 g/mol. The van der Waals surface area contributed by atoms with Gasteiger partial charge in [-0.1, -0.05) is 50.6 Å². The van der Waals surface area contributed by atoms with Crippen LogP contribution in [0.5, 0.6) is 0 Å². The van der Waals surface area contributed by atoms with Gasteiger partial charge < -0.3 is 0 Å². The smallest absolute Gasteiger partial charge is 0.134 e. The number of carbonyl (C=O) groups is 1. The molecule has 1 aromatic carbocycles. The van der Waals surface area contributed by atoms with Crippen LogP contribution in [-0.2, 0) is 11.2 Å². The van der Waals surface area contributed by atoms with Gasteiger partial charge in [-0.15, -0.1) is 0 Å². The van der Waals surface area contributed by atoms with E-state index in [-0.39, 0.29) is 5.78 Å². The van der Waals surface area contributed by atoms with Gasteiger partial charge >= 0.3 is 0 Å². The van der Waals surface area contributed by atoms with Gasteiger partial charge in [0.1, 0.15) is 5.78 Å². The molecule has 0 aliphatic heterocycles. The van der Waals surface area contributed by atoms with Gasteiger partial charge in [0, 0.05) is 6.42 Å². The molecule has 0 fully saturated rings. The van der Waals surface area contributed by atoms with Crippen molar-refractivity contribution >= 4 is 5.78 Å². The van der Waals surface area contributed by atoms with Gasteiger partial charge in [0.15, 0.2) is 0 Å². The molecule has 1 heteroatoms. The zero-order valence-corrected chi connectivity index (χ0v) is 8.71. The quantitative estimate of drug-likeness (QED) is 0.679. The molecule has 0 radical (unpaired) electrons. The first-order chi connectivity index (χ1) is 6.20. The zero-order chi connectivity index (χ0) is 10.1. The lowest BCUT2D eigenvalue weighted by atomic mass is 10.1. The van der Waals surface area contributed by atoms with E-state index in [1.807, 2.05) is 30.3 Å². The van der Waals surface area contributed by atoms with E-state index < -0.39 is 0 Å². The number of hydrogen-bond donors (Lipinski definition) is 0. The average Bonchev–Trinajstić information content (AvgIpc) is 2.06. The van der Waals surface area contributed by atoms with Gasteiger partial charge in [0.05, 0.1) is 0 Å². The summed E-state index contributed by atoms with van der Waals surface area (Å²) in [7, 11) is 0. The summed E-state index contributed by atoms with van der Waals surface area (Å²) in [5, 5.41) is 0. The van der Waals surface area contributed by atoms with Gasteiger partial charge in [-0.2, -0.15) is 0 Å². The molecule has 0 saturated carbocycles. The van der Waals surface area contributed by atoms with Crippen LogP contribution < -0.4 is 0 Å². The highest BCUT2D eigenvalue weighted by Crippen LogP contribution is 1.98. The molecule has 72 valence electrons. The molecule has 0 amide bonds. The van der Waals surface area contributed by atoms with Gasteiger partial charge in [0.25, 0.3) is 0 Å². The van der Waals surface area contributed by atoms with Crippen LogP contribution in [0.2, 0.25) is 0 Å². The maximum Gasteiger partial charge on any atom is 0.134 e. The highest BCUT2D eigenvalue weighted by molar-refractivity contribution is 5.78. The summed E-state index contributed by atoms with van der Waals surface area (Å²) in [6.45, 7) is 5.85. The Morgan fingerprint density at radius 2 is 1.62 bits per heavy atom. The molecule has 13 heavy (non-hydrogen) atoms. The van der Waals surface area contributed by atoms with Crippen molar-refractivity contribution in [1.29, 1.82) is 0 Å². The predicted octanol–water partition coefficient (Wildman–Crippen LogP) is 3.23. The third-order valence-corrected chi connectivity index (χ3v) is 1.30. The van der Waals surface area contributed by atoms with Gasteiger partial charge in [-0.05, 0) is 12.5 Å². The van der Waals surface area contributed by atoms with E-state index in [1.165, 1.54) is 6.42 Å². The highest BCUT2D eigenvalue weighted by Gasteiger charge is 1.93. The zero-order valence-electron chi connectivity index (χ0n) is 8.71. The Balaban J connectivity index is 0.000000424. The van der Waals surface area contributed by atoms with Crippen LogP contribution in [0.3, 0.4) is 0 Å². The van der Waals surface area contributed by atoms with E-state index in [0.29, 0.717) is 6.42 Å². The fourth-order valence-electron chi connectivity index (χ4n) is 0.883. The molecule has 1 nitrogen and oxygen atoms in total. The van der Waals surface area contributed by atoms with Crippen molar-refractivity contribution in [3.63, 3.8) is 0 Å². The number of benzene rings is 1. The normalized spacial score (nSPS) is 8.54. The van der Waals surface area contributed by atoms with Crippen molar-refractivity contribution in [3.05, 3.63) is 35.9 Å². The van der Waals surface area contributed by atoms with Crippen LogP contribution in [0.4, 0.5) is 0 Å². The number of carbonyl (C=O) groups excluding carboxylic acids is 1. The molecule has 1 rings (SSSR count). The first-order valence-corrected chi connectivity index (χ1v) is 4.74. The third kappa shape index (κ3) is 7.26. The lowest BCUT2D eigenvalue weighted by Gasteiger charge is -1.93. The van der Waals surface area contributed by atoms with E-state index in [1.54, 1.807) is 6.92 Å². The summed E-state index contributed by atoms with van der Waals surface area (Å²) in [6, 6.07) is 9.75. The Kier molecular flexibility index (Phi) is 6.89. The molecule has 0 saturated heterocycles. The number of rotatable bonds is 2. The Morgan fingerprint density at radius 1 is 1.15 bits per heavy atom.